The third-order valence-corrected chi connectivity index (χ3v) is 3.51. The van der Waals surface area contributed by atoms with Crippen LogP contribution in [0.25, 0.3) is 0 Å². The van der Waals surface area contributed by atoms with Crippen LogP contribution in [0, 0.1) is 18.2 Å². The largest absolute Gasteiger partial charge is 0.466 e. The molecule has 0 unspecified atom stereocenters. The number of carbonyl (C=O) groups excluding carboxylic acids is 2. The molecular formula is C15H10FN3O3S. The van der Waals surface area contributed by atoms with Crippen molar-refractivity contribution in [3.63, 3.8) is 0 Å². The van der Waals surface area contributed by atoms with Crippen LogP contribution in [0.15, 0.2) is 39.4 Å². The van der Waals surface area contributed by atoms with E-state index >= 15 is 0 Å². The van der Waals surface area contributed by atoms with Crippen LogP contribution in [-0.4, -0.2) is 30.4 Å². The second-order valence-electron chi connectivity index (χ2n) is 4.12. The summed E-state index contributed by atoms with van der Waals surface area (Å²) in [7, 11) is 1.20. The fourth-order valence-electron chi connectivity index (χ4n) is 1.51. The molecular weight excluding hydrogens is 321 g/mol. The van der Waals surface area contributed by atoms with Crippen LogP contribution in [0.4, 0.5) is 4.39 Å². The second kappa shape index (κ2) is 7.38. The molecule has 1 fully saturated rings. The van der Waals surface area contributed by atoms with E-state index in [2.05, 4.69) is 26.2 Å². The predicted octanol–water partition coefficient (Wildman–Crippen LogP) is 1.42. The number of methoxy groups -OCH3 is 1. The molecule has 2 rings (SSSR count). The maximum absolute atomic E-state index is 13.7. The Labute approximate surface area is 135 Å². The number of thioether (sulfide) groups is 1. The number of nitrogens with one attached hydrogen (secondary N) is 1. The van der Waals surface area contributed by atoms with Gasteiger partial charge in [-0.25, -0.2) is 9.18 Å². The highest BCUT2D eigenvalue weighted by molar-refractivity contribution is 8.18. The summed E-state index contributed by atoms with van der Waals surface area (Å²) >= 11 is 0.923. The third-order valence-electron chi connectivity index (χ3n) is 2.61. The van der Waals surface area contributed by atoms with Crippen molar-refractivity contribution in [2.45, 2.75) is 0 Å². The summed E-state index contributed by atoms with van der Waals surface area (Å²) in [6.45, 7) is 0. The number of benzene rings is 1. The summed E-state index contributed by atoms with van der Waals surface area (Å²) in [5, 5.41) is 10.0. The lowest BCUT2D eigenvalue weighted by Crippen LogP contribution is -2.19. The Bertz CT molecular complexity index is 794. The zero-order chi connectivity index (χ0) is 16.8. The van der Waals surface area contributed by atoms with Gasteiger partial charge >= 0.3 is 5.97 Å². The molecule has 116 valence electrons. The van der Waals surface area contributed by atoms with E-state index < -0.39 is 17.7 Å². The van der Waals surface area contributed by atoms with E-state index in [4.69, 9.17) is 6.42 Å². The molecule has 0 spiro atoms. The van der Waals surface area contributed by atoms with Crippen LogP contribution in [0.5, 0.6) is 0 Å². The molecule has 6 nitrogen and oxygen atoms in total. The van der Waals surface area contributed by atoms with Gasteiger partial charge in [0.05, 0.1) is 18.2 Å². The maximum atomic E-state index is 13.7. The van der Waals surface area contributed by atoms with Crippen LogP contribution in [0.1, 0.15) is 11.1 Å². The standard InChI is InChI=1S/C15H10FN3O3S/c1-3-9-4-5-10(11(16)6-9)8-17-19-15-18-14(21)12(23-15)7-13(20)22-2/h1,4-8H,2H3,(H,18,19,21)/b12-7+,17-8?. The van der Waals surface area contributed by atoms with Crippen molar-refractivity contribution < 1.29 is 18.7 Å². The van der Waals surface area contributed by atoms with Crippen LogP contribution < -0.4 is 5.32 Å². The molecule has 1 N–H and O–H groups in total. The van der Waals surface area contributed by atoms with Crippen molar-refractivity contribution in [3.8, 4) is 12.3 Å². The lowest BCUT2D eigenvalue weighted by Gasteiger charge is -1.96. The minimum atomic E-state index is -0.650. The van der Waals surface area contributed by atoms with Gasteiger partial charge in [-0.2, -0.15) is 5.10 Å². The minimum Gasteiger partial charge on any atom is -0.466 e. The van der Waals surface area contributed by atoms with E-state index in [1.165, 1.54) is 25.5 Å². The Balaban J connectivity index is 2.10. The van der Waals surface area contributed by atoms with Gasteiger partial charge in [0.25, 0.3) is 5.91 Å². The summed E-state index contributed by atoms with van der Waals surface area (Å²) in [5.41, 5.74) is 0.621. The lowest BCUT2D eigenvalue weighted by molar-refractivity contribution is -0.135. The average molecular weight is 331 g/mol. The van der Waals surface area contributed by atoms with Crippen LogP contribution >= 0.6 is 11.8 Å². The van der Waals surface area contributed by atoms with Crippen molar-refractivity contribution >= 4 is 35.0 Å². The molecule has 0 atom stereocenters. The number of esters is 1. The van der Waals surface area contributed by atoms with Crippen LogP contribution in [-0.2, 0) is 14.3 Å². The number of nitrogens with zero attached hydrogens (tertiary/aromatic N) is 2. The van der Waals surface area contributed by atoms with Gasteiger partial charge in [-0.05, 0) is 30.0 Å². The zero-order valence-electron chi connectivity index (χ0n) is 11.9. The molecule has 0 bridgehead atoms. The van der Waals surface area contributed by atoms with Gasteiger partial charge in [-0.15, -0.1) is 11.5 Å². The van der Waals surface area contributed by atoms with E-state index in [0.717, 1.165) is 17.8 Å². The number of hydrogen-bond acceptors (Lipinski definition) is 6. The third kappa shape index (κ3) is 4.28. The number of carbonyl (C=O) groups is 2. The summed E-state index contributed by atoms with van der Waals surface area (Å²) in [4.78, 5) is 22.8. The molecule has 1 aliphatic heterocycles. The molecule has 1 heterocycles. The van der Waals surface area contributed by atoms with Crippen molar-refractivity contribution in [1.82, 2.24) is 5.32 Å². The Hall–Kier alpha value is -2.92. The van der Waals surface area contributed by atoms with Gasteiger partial charge in [0.1, 0.15) is 5.82 Å². The SMILES string of the molecule is C#Cc1ccc(C=N/N=C2/NC(=O)/C(=C\C(=O)OC)S2)c(F)c1. The first-order valence-corrected chi connectivity index (χ1v) is 7.01. The molecule has 1 aliphatic rings. The molecule has 23 heavy (non-hydrogen) atoms. The molecule has 1 aromatic rings. The van der Waals surface area contributed by atoms with Gasteiger partial charge in [-0.1, -0.05) is 5.92 Å². The highest BCUT2D eigenvalue weighted by Crippen LogP contribution is 2.23. The molecule has 1 amide bonds. The molecule has 8 heteroatoms. The second-order valence-corrected chi connectivity index (χ2v) is 5.15. The predicted molar refractivity (Wildman–Crippen MR) is 85.2 cm³/mol. The number of hydrogen-bond donors (Lipinski definition) is 1. The summed E-state index contributed by atoms with van der Waals surface area (Å²) in [5.74, 6) is 0.653. The minimum absolute atomic E-state index is 0.135. The Kier molecular flexibility index (Phi) is 5.28. The first kappa shape index (κ1) is 16.5. The monoisotopic (exact) mass is 331 g/mol. The summed E-state index contributed by atoms with van der Waals surface area (Å²) < 4.78 is 18.1. The number of ether oxygens (including phenoxy) is 1. The number of rotatable bonds is 3. The molecule has 1 aromatic carbocycles. The number of halogens is 1. The lowest BCUT2D eigenvalue weighted by atomic mass is 10.1. The van der Waals surface area contributed by atoms with E-state index in [1.54, 1.807) is 6.07 Å². The number of terminal acetylenes is 1. The van der Waals surface area contributed by atoms with Crippen molar-refractivity contribution in [3.05, 3.63) is 46.1 Å². The maximum Gasteiger partial charge on any atom is 0.331 e. The fourth-order valence-corrected chi connectivity index (χ4v) is 2.25. The van der Waals surface area contributed by atoms with Gasteiger partial charge in [0, 0.05) is 17.2 Å². The topological polar surface area (TPSA) is 80.1 Å². The molecule has 0 aromatic heterocycles. The van der Waals surface area contributed by atoms with Gasteiger partial charge in [-0.3, -0.25) is 10.1 Å². The molecule has 0 saturated carbocycles. The first-order chi connectivity index (χ1) is 11.0. The Morgan fingerprint density at radius 1 is 1.52 bits per heavy atom. The van der Waals surface area contributed by atoms with Crippen molar-refractivity contribution in [1.29, 1.82) is 0 Å². The van der Waals surface area contributed by atoms with Gasteiger partial charge in [0.2, 0.25) is 0 Å². The Morgan fingerprint density at radius 3 is 2.96 bits per heavy atom. The van der Waals surface area contributed by atoms with Crippen LogP contribution in [0.2, 0.25) is 0 Å². The first-order valence-electron chi connectivity index (χ1n) is 6.19. The van der Waals surface area contributed by atoms with E-state index in [-0.39, 0.29) is 15.6 Å². The molecule has 0 radical (unpaired) electrons. The van der Waals surface area contributed by atoms with E-state index in [1.807, 2.05) is 0 Å². The number of amidine groups is 1. The quantitative estimate of drug-likeness (QED) is 0.299. The molecule has 1 saturated heterocycles. The molecule has 0 aliphatic carbocycles. The fraction of sp³-hybridized carbons (Fsp3) is 0.0667. The smallest absolute Gasteiger partial charge is 0.331 e. The zero-order valence-corrected chi connectivity index (χ0v) is 12.7. The van der Waals surface area contributed by atoms with Gasteiger partial charge < -0.3 is 4.74 Å². The van der Waals surface area contributed by atoms with E-state index in [0.29, 0.717) is 5.56 Å². The highest BCUT2D eigenvalue weighted by Gasteiger charge is 2.24. The summed E-state index contributed by atoms with van der Waals surface area (Å²) in [6.07, 6.45) is 7.41. The summed E-state index contributed by atoms with van der Waals surface area (Å²) in [6, 6.07) is 4.25. The normalized spacial score (nSPS) is 17.5. The van der Waals surface area contributed by atoms with Gasteiger partial charge in [0.15, 0.2) is 5.17 Å². The van der Waals surface area contributed by atoms with Crippen molar-refractivity contribution in [2.24, 2.45) is 10.2 Å². The highest BCUT2D eigenvalue weighted by atomic mass is 32.2. The van der Waals surface area contributed by atoms with Crippen LogP contribution in [0.3, 0.4) is 0 Å². The van der Waals surface area contributed by atoms with E-state index in [9.17, 15) is 14.0 Å². The van der Waals surface area contributed by atoms with Crippen molar-refractivity contribution in [2.75, 3.05) is 7.11 Å². The Morgan fingerprint density at radius 2 is 2.30 bits per heavy atom. The average Bonchev–Trinajstić information content (AvgIpc) is 2.88. The number of amides is 1.